The molecule has 0 saturated carbocycles. The number of benzene rings is 3. The molecular formula is C26H27N3O5S. The molecule has 1 saturated heterocycles. The first-order chi connectivity index (χ1) is 16.8. The standard InChI is InChI=1S/C26H27N3O5S/c1-18-9-11-20(12-10-18)28-26(31)24(19-7-3-2-4-8-19)34-23-14-13-21(17-22(23)25(27)30)35(32,33)29-15-5-6-16-29/h2-4,7-14,17,24H,5-6,15-16H2,1H3,(H2,27,30)(H,28,31). The number of carbonyl (C=O) groups excluding carboxylic acids is 2. The van der Waals surface area contributed by atoms with Gasteiger partial charge in [-0.15, -0.1) is 0 Å². The van der Waals surface area contributed by atoms with Gasteiger partial charge >= 0.3 is 0 Å². The lowest BCUT2D eigenvalue weighted by Crippen LogP contribution is -2.29. The Labute approximate surface area is 204 Å². The summed E-state index contributed by atoms with van der Waals surface area (Å²) < 4.78 is 33.3. The van der Waals surface area contributed by atoms with Crippen LogP contribution < -0.4 is 15.8 Å². The molecule has 3 aromatic carbocycles. The molecule has 1 aliphatic rings. The number of nitrogens with zero attached hydrogens (tertiary/aromatic N) is 1. The van der Waals surface area contributed by atoms with Gasteiger partial charge in [-0.2, -0.15) is 4.31 Å². The first-order valence-corrected chi connectivity index (χ1v) is 12.7. The number of primary amides is 1. The molecule has 0 spiro atoms. The van der Waals surface area contributed by atoms with Crippen LogP contribution in [0, 0.1) is 6.92 Å². The number of sulfonamides is 1. The Kier molecular flexibility index (Phi) is 7.18. The van der Waals surface area contributed by atoms with Gasteiger partial charge < -0.3 is 15.8 Å². The minimum absolute atomic E-state index is 0.0192. The predicted molar refractivity (Wildman–Crippen MR) is 133 cm³/mol. The second kappa shape index (κ2) is 10.3. The minimum atomic E-state index is -3.76. The monoisotopic (exact) mass is 493 g/mol. The topological polar surface area (TPSA) is 119 Å². The van der Waals surface area contributed by atoms with E-state index in [9.17, 15) is 18.0 Å². The molecule has 2 amide bonds. The van der Waals surface area contributed by atoms with E-state index in [1.54, 1.807) is 36.4 Å². The summed E-state index contributed by atoms with van der Waals surface area (Å²) in [6, 6.07) is 20.1. The number of amides is 2. The van der Waals surface area contributed by atoms with E-state index in [-0.39, 0.29) is 16.2 Å². The fourth-order valence-electron chi connectivity index (χ4n) is 3.91. The first kappa shape index (κ1) is 24.4. The highest BCUT2D eigenvalue weighted by molar-refractivity contribution is 7.89. The quantitative estimate of drug-likeness (QED) is 0.497. The lowest BCUT2D eigenvalue weighted by atomic mass is 10.1. The van der Waals surface area contributed by atoms with Crippen molar-refractivity contribution in [2.24, 2.45) is 5.73 Å². The van der Waals surface area contributed by atoms with E-state index in [1.807, 2.05) is 25.1 Å². The average molecular weight is 494 g/mol. The molecular weight excluding hydrogens is 466 g/mol. The maximum atomic E-state index is 13.2. The molecule has 4 rings (SSSR count). The number of rotatable bonds is 8. The van der Waals surface area contributed by atoms with Crippen molar-refractivity contribution in [1.29, 1.82) is 0 Å². The minimum Gasteiger partial charge on any atom is -0.475 e. The van der Waals surface area contributed by atoms with Crippen LogP contribution in [0.1, 0.15) is 40.4 Å². The van der Waals surface area contributed by atoms with E-state index in [4.69, 9.17) is 10.5 Å². The van der Waals surface area contributed by atoms with E-state index in [2.05, 4.69) is 5.32 Å². The number of hydrogen-bond donors (Lipinski definition) is 2. The molecule has 9 heteroatoms. The maximum Gasteiger partial charge on any atom is 0.270 e. The van der Waals surface area contributed by atoms with Gasteiger partial charge in [0, 0.05) is 24.3 Å². The number of nitrogens with two attached hydrogens (primary N) is 1. The Morgan fingerprint density at radius 1 is 0.971 bits per heavy atom. The Morgan fingerprint density at radius 3 is 2.26 bits per heavy atom. The van der Waals surface area contributed by atoms with E-state index < -0.39 is 27.9 Å². The molecule has 1 unspecified atom stereocenters. The molecule has 3 aromatic rings. The number of ether oxygens (including phenoxy) is 1. The number of hydrogen-bond acceptors (Lipinski definition) is 5. The smallest absolute Gasteiger partial charge is 0.270 e. The SMILES string of the molecule is Cc1ccc(NC(=O)C(Oc2ccc(S(=O)(=O)N3CCCC3)cc2C(N)=O)c2ccccc2)cc1. The summed E-state index contributed by atoms with van der Waals surface area (Å²) in [5, 5.41) is 2.83. The third-order valence-corrected chi connectivity index (χ3v) is 7.72. The lowest BCUT2D eigenvalue weighted by molar-refractivity contribution is -0.123. The summed E-state index contributed by atoms with van der Waals surface area (Å²) in [7, 11) is -3.76. The molecule has 3 N–H and O–H groups in total. The second-order valence-corrected chi connectivity index (χ2v) is 10.3. The van der Waals surface area contributed by atoms with Crippen molar-refractivity contribution in [2.45, 2.75) is 30.8 Å². The summed E-state index contributed by atoms with van der Waals surface area (Å²) in [6.45, 7) is 2.81. The number of nitrogens with one attached hydrogen (secondary N) is 1. The molecule has 1 atom stereocenters. The summed E-state index contributed by atoms with van der Waals surface area (Å²) >= 11 is 0. The highest BCUT2D eigenvalue weighted by atomic mass is 32.2. The summed E-state index contributed by atoms with van der Waals surface area (Å²) in [5.41, 5.74) is 7.66. The Morgan fingerprint density at radius 2 is 1.63 bits per heavy atom. The second-order valence-electron chi connectivity index (χ2n) is 8.40. The average Bonchev–Trinajstić information content (AvgIpc) is 3.40. The van der Waals surface area contributed by atoms with Gasteiger partial charge in [0.2, 0.25) is 16.1 Å². The molecule has 1 fully saturated rings. The molecule has 8 nitrogen and oxygen atoms in total. The molecule has 35 heavy (non-hydrogen) atoms. The van der Waals surface area contributed by atoms with E-state index >= 15 is 0 Å². The van der Waals surface area contributed by atoms with Crippen molar-refractivity contribution in [3.8, 4) is 5.75 Å². The molecule has 1 heterocycles. The molecule has 1 aliphatic heterocycles. The number of aryl methyl sites for hydroxylation is 1. The third kappa shape index (κ3) is 5.52. The van der Waals surface area contributed by atoms with Crippen molar-refractivity contribution < 1.29 is 22.7 Å². The zero-order valence-electron chi connectivity index (χ0n) is 19.3. The van der Waals surface area contributed by atoms with Gasteiger partial charge in [-0.3, -0.25) is 9.59 Å². The van der Waals surface area contributed by atoms with Crippen molar-refractivity contribution in [3.63, 3.8) is 0 Å². The first-order valence-electron chi connectivity index (χ1n) is 11.3. The molecule has 0 bridgehead atoms. The van der Waals surface area contributed by atoms with Gasteiger partial charge in [0.15, 0.2) is 0 Å². The van der Waals surface area contributed by atoms with Crippen LogP contribution in [-0.4, -0.2) is 37.6 Å². The lowest BCUT2D eigenvalue weighted by Gasteiger charge is -2.21. The normalized spacial score (nSPS) is 14.9. The van der Waals surface area contributed by atoms with Crippen molar-refractivity contribution in [1.82, 2.24) is 4.31 Å². The maximum absolute atomic E-state index is 13.2. The van der Waals surface area contributed by atoms with Gasteiger partial charge in [-0.05, 0) is 50.1 Å². The summed E-state index contributed by atoms with van der Waals surface area (Å²) in [5.74, 6) is -1.29. The molecule has 0 aliphatic carbocycles. The van der Waals surface area contributed by atoms with Crippen LogP contribution >= 0.6 is 0 Å². The van der Waals surface area contributed by atoms with Crippen LogP contribution in [0.2, 0.25) is 0 Å². The Balaban J connectivity index is 1.67. The molecule has 182 valence electrons. The van der Waals surface area contributed by atoms with Crippen molar-refractivity contribution >= 4 is 27.5 Å². The number of carbonyl (C=O) groups is 2. The Bertz CT molecular complexity index is 1320. The van der Waals surface area contributed by atoms with Crippen molar-refractivity contribution in [3.05, 3.63) is 89.5 Å². The van der Waals surface area contributed by atoms with E-state index in [0.717, 1.165) is 18.4 Å². The largest absolute Gasteiger partial charge is 0.475 e. The van der Waals surface area contributed by atoms with Crippen LogP contribution in [0.5, 0.6) is 5.75 Å². The van der Waals surface area contributed by atoms with E-state index in [1.165, 1.54) is 22.5 Å². The highest BCUT2D eigenvalue weighted by Crippen LogP contribution is 2.30. The van der Waals surface area contributed by atoms with Crippen LogP contribution in [0.25, 0.3) is 0 Å². The van der Waals surface area contributed by atoms with Gasteiger partial charge in [-0.1, -0.05) is 48.0 Å². The predicted octanol–water partition coefficient (Wildman–Crippen LogP) is 3.64. The van der Waals surface area contributed by atoms with Crippen LogP contribution in [0.15, 0.2) is 77.7 Å². The summed E-state index contributed by atoms with van der Waals surface area (Å²) in [6.07, 6.45) is 0.465. The zero-order chi connectivity index (χ0) is 25.0. The van der Waals surface area contributed by atoms with E-state index in [0.29, 0.717) is 24.3 Å². The number of anilines is 1. The van der Waals surface area contributed by atoms with Crippen molar-refractivity contribution in [2.75, 3.05) is 18.4 Å². The van der Waals surface area contributed by atoms with Crippen LogP contribution in [0.4, 0.5) is 5.69 Å². The molecule has 0 radical (unpaired) electrons. The third-order valence-electron chi connectivity index (χ3n) is 5.82. The van der Waals surface area contributed by atoms with Crippen LogP contribution in [-0.2, 0) is 14.8 Å². The zero-order valence-corrected chi connectivity index (χ0v) is 20.1. The van der Waals surface area contributed by atoms with Gasteiger partial charge in [0.1, 0.15) is 5.75 Å². The van der Waals surface area contributed by atoms with Gasteiger partial charge in [0.25, 0.3) is 11.8 Å². The molecule has 0 aromatic heterocycles. The fourth-order valence-corrected chi connectivity index (χ4v) is 5.46. The van der Waals surface area contributed by atoms with Gasteiger partial charge in [-0.25, -0.2) is 8.42 Å². The van der Waals surface area contributed by atoms with Crippen LogP contribution in [0.3, 0.4) is 0 Å². The Hall–Kier alpha value is -3.69. The fraction of sp³-hybridized carbons (Fsp3) is 0.231. The van der Waals surface area contributed by atoms with Gasteiger partial charge in [0.05, 0.1) is 10.5 Å². The highest BCUT2D eigenvalue weighted by Gasteiger charge is 2.30. The summed E-state index contributed by atoms with van der Waals surface area (Å²) in [4.78, 5) is 25.5.